The lowest BCUT2D eigenvalue weighted by atomic mass is 10.3. The van der Waals surface area contributed by atoms with Gasteiger partial charge >= 0.3 is 6.36 Å². The molecule has 1 heterocycles. The van der Waals surface area contributed by atoms with Gasteiger partial charge in [-0.2, -0.15) is 0 Å². The maximum atomic E-state index is 12.3. The number of halogens is 4. The van der Waals surface area contributed by atoms with Crippen molar-refractivity contribution in [2.45, 2.75) is 17.1 Å². The summed E-state index contributed by atoms with van der Waals surface area (Å²) < 4.78 is 42.0. The average molecular weight is 504 g/mol. The highest BCUT2D eigenvalue weighted by atomic mass is 127. The van der Waals surface area contributed by atoms with E-state index in [1.807, 2.05) is 5.38 Å². The molecule has 0 saturated carbocycles. The number of nitrogens with one attached hydrogen (secondary N) is 1. The van der Waals surface area contributed by atoms with Crippen molar-refractivity contribution < 1.29 is 17.9 Å². The number of para-hydroxylation sites is 2. The minimum Gasteiger partial charge on any atom is -0.404 e. The zero-order valence-corrected chi connectivity index (χ0v) is 16.8. The van der Waals surface area contributed by atoms with Crippen LogP contribution in [0.4, 0.5) is 18.9 Å². The van der Waals surface area contributed by atoms with Gasteiger partial charge in [0, 0.05) is 23.9 Å². The summed E-state index contributed by atoms with van der Waals surface area (Å²) in [5.41, 5.74) is 5.81. The molecule has 0 spiro atoms. The number of aliphatic imine (C=N–C) groups is 1. The van der Waals surface area contributed by atoms with E-state index in [9.17, 15) is 13.2 Å². The van der Waals surface area contributed by atoms with Crippen LogP contribution in [0.5, 0.6) is 5.75 Å². The monoisotopic (exact) mass is 504 g/mol. The van der Waals surface area contributed by atoms with Crippen LogP contribution < -0.4 is 15.8 Å². The molecule has 2 rings (SSSR count). The first kappa shape index (κ1) is 21.8. The van der Waals surface area contributed by atoms with E-state index in [1.165, 1.54) is 18.2 Å². The lowest BCUT2D eigenvalue weighted by Gasteiger charge is -2.14. The lowest BCUT2D eigenvalue weighted by molar-refractivity contribution is -0.274. The van der Waals surface area contributed by atoms with Crippen LogP contribution in [0.2, 0.25) is 0 Å². The molecule has 0 amide bonds. The first-order valence-electron chi connectivity index (χ1n) is 6.88. The highest BCUT2D eigenvalue weighted by Crippen LogP contribution is 2.29. The molecule has 0 aliphatic rings. The Bertz CT molecular complexity index is 668. The number of thiazole rings is 1. The molecule has 138 valence electrons. The Balaban J connectivity index is 0.00000312. The first-order chi connectivity index (χ1) is 11.4. The predicted molar refractivity (Wildman–Crippen MR) is 106 cm³/mol. The fourth-order valence-corrected chi connectivity index (χ4v) is 3.30. The van der Waals surface area contributed by atoms with Crippen LogP contribution in [-0.4, -0.2) is 29.6 Å². The van der Waals surface area contributed by atoms with E-state index in [1.54, 1.807) is 35.4 Å². The normalized spacial score (nSPS) is 11.7. The molecule has 1 aromatic carbocycles. The van der Waals surface area contributed by atoms with Gasteiger partial charge in [-0.3, -0.25) is 4.99 Å². The van der Waals surface area contributed by atoms with Crippen molar-refractivity contribution in [3.8, 4) is 5.75 Å². The molecule has 0 bridgehead atoms. The minimum absolute atomic E-state index is 0. The highest BCUT2D eigenvalue weighted by molar-refractivity contribution is 14.0. The van der Waals surface area contributed by atoms with Crippen LogP contribution >= 0.6 is 47.1 Å². The van der Waals surface area contributed by atoms with E-state index in [0.717, 1.165) is 16.5 Å². The van der Waals surface area contributed by atoms with Gasteiger partial charge in [0.05, 0.1) is 5.69 Å². The Morgan fingerprint density at radius 3 is 2.80 bits per heavy atom. The summed E-state index contributed by atoms with van der Waals surface area (Å²) in [6.45, 7) is 0.458. The van der Waals surface area contributed by atoms with Crippen LogP contribution in [0.1, 0.15) is 6.42 Å². The molecule has 0 unspecified atom stereocenters. The van der Waals surface area contributed by atoms with E-state index in [4.69, 9.17) is 5.73 Å². The molecule has 3 N–H and O–H groups in total. The van der Waals surface area contributed by atoms with Crippen molar-refractivity contribution in [3.05, 3.63) is 35.8 Å². The molecule has 5 nitrogen and oxygen atoms in total. The van der Waals surface area contributed by atoms with Gasteiger partial charge in [-0.15, -0.1) is 48.5 Å². The summed E-state index contributed by atoms with van der Waals surface area (Å²) in [4.78, 5) is 8.24. The van der Waals surface area contributed by atoms with Gasteiger partial charge in [0.2, 0.25) is 0 Å². The molecule has 11 heteroatoms. The molecule has 0 saturated heterocycles. The van der Waals surface area contributed by atoms with Crippen molar-refractivity contribution in [3.63, 3.8) is 0 Å². The largest absolute Gasteiger partial charge is 0.573 e. The SMILES string of the molecule is I.NC(=NCCCSc1nccs1)Nc1ccccc1OC(F)(F)F. The third-order valence-electron chi connectivity index (χ3n) is 2.60. The third-order valence-corrected chi connectivity index (χ3v) is 4.65. The highest BCUT2D eigenvalue weighted by Gasteiger charge is 2.32. The summed E-state index contributed by atoms with van der Waals surface area (Å²) in [6.07, 6.45) is -2.25. The topological polar surface area (TPSA) is 72.5 Å². The van der Waals surface area contributed by atoms with Crippen molar-refractivity contribution in [2.75, 3.05) is 17.6 Å². The van der Waals surface area contributed by atoms with Crippen LogP contribution in [0.15, 0.2) is 45.2 Å². The van der Waals surface area contributed by atoms with Gasteiger partial charge in [-0.1, -0.05) is 23.9 Å². The lowest BCUT2D eigenvalue weighted by Crippen LogP contribution is -2.24. The number of nitrogens with two attached hydrogens (primary N) is 1. The van der Waals surface area contributed by atoms with E-state index in [0.29, 0.717) is 6.54 Å². The summed E-state index contributed by atoms with van der Waals surface area (Å²) in [5, 5.41) is 4.53. The van der Waals surface area contributed by atoms with E-state index in [2.05, 4.69) is 20.0 Å². The number of hydrogen-bond acceptors (Lipinski definition) is 5. The van der Waals surface area contributed by atoms with Crippen LogP contribution in [-0.2, 0) is 0 Å². The maximum Gasteiger partial charge on any atom is 0.573 e. The second-order valence-electron chi connectivity index (χ2n) is 4.44. The number of guanidine groups is 1. The quantitative estimate of drug-likeness (QED) is 0.190. The van der Waals surface area contributed by atoms with E-state index in [-0.39, 0.29) is 41.4 Å². The van der Waals surface area contributed by atoms with Crippen LogP contribution in [0, 0.1) is 0 Å². The van der Waals surface area contributed by atoms with Crippen molar-refractivity contribution in [1.29, 1.82) is 0 Å². The van der Waals surface area contributed by atoms with Gasteiger partial charge in [0.1, 0.15) is 4.34 Å². The van der Waals surface area contributed by atoms with Gasteiger partial charge in [0.25, 0.3) is 0 Å². The van der Waals surface area contributed by atoms with E-state index < -0.39 is 6.36 Å². The zero-order valence-electron chi connectivity index (χ0n) is 12.8. The Kier molecular flexibility index (Phi) is 9.35. The number of rotatable bonds is 7. The second kappa shape index (κ2) is 10.7. The second-order valence-corrected chi connectivity index (χ2v) is 6.67. The molecule has 1 aromatic heterocycles. The molecule has 0 aliphatic carbocycles. The van der Waals surface area contributed by atoms with Crippen LogP contribution in [0.3, 0.4) is 0 Å². The molecular formula is C14H16F3IN4OS2. The van der Waals surface area contributed by atoms with Crippen molar-refractivity contribution in [1.82, 2.24) is 4.98 Å². The molecule has 2 aromatic rings. The number of ether oxygens (including phenoxy) is 1. The van der Waals surface area contributed by atoms with Gasteiger partial charge < -0.3 is 15.8 Å². The van der Waals surface area contributed by atoms with Gasteiger partial charge in [0.15, 0.2) is 11.7 Å². The van der Waals surface area contributed by atoms with Gasteiger partial charge in [-0.05, 0) is 18.6 Å². The Morgan fingerprint density at radius 2 is 2.12 bits per heavy atom. The number of anilines is 1. The summed E-state index contributed by atoms with van der Waals surface area (Å²) >= 11 is 3.19. The number of alkyl halides is 3. The molecular weight excluding hydrogens is 488 g/mol. The predicted octanol–water partition coefficient (Wildman–Crippen LogP) is 4.57. The fraction of sp³-hybridized carbons (Fsp3) is 0.286. The summed E-state index contributed by atoms with van der Waals surface area (Å²) in [6, 6.07) is 5.65. The Labute approximate surface area is 168 Å². The fourth-order valence-electron chi connectivity index (χ4n) is 1.67. The van der Waals surface area contributed by atoms with Crippen molar-refractivity contribution in [2.24, 2.45) is 10.7 Å². The maximum absolute atomic E-state index is 12.3. The van der Waals surface area contributed by atoms with Crippen LogP contribution in [0.25, 0.3) is 0 Å². The number of benzene rings is 1. The number of hydrogen-bond donors (Lipinski definition) is 2. The molecule has 25 heavy (non-hydrogen) atoms. The summed E-state index contributed by atoms with van der Waals surface area (Å²) in [7, 11) is 0. The Morgan fingerprint density at radius 1 is 1.36 bits per heavy atom. The number of thioether (sulfide) groups is 1. The molecule has 0 aliphatic heterocycles. The minimum atomic E-state index is -4.77. The smallest absolute Gasteiger partial charge is 0.404 e. The zero-order chi connectivity index (χ0) is 17.4. The van der Waals surface area contributed by atoms with E-state index >= 15 is 0 Å². The van der Waals surface area contributed by atoms with Crippen molar-refractivity contribution >= 4 is 58.7 Å². The molecule has 0 atom stereocenters. The standard InChI is InChI=1S/C14H15F3N4OS2.HI/c15-14(16,17)22-11-5-2-1-4-10(11)21-12(18)19-6-3-8-23-13-20-7-9-24-13;/h1-2,4-5,7,9H,3,6,8H2,(H3,18,19,21);1H. The number of aromatic nitrogens is 1. The Hall–Kier alpha value is -1.21. The molecule has 0 radical (unpaired) electrons. The average Bonchev–Trinajstić information content (AvgIpc) is 3.01. The van der Waals surface area contributed by atoms with Gasteiger partial charge in [-0.25, -0.2) is 4.98 Å². The molecule has 0 fully saturated rings. The number of nitrogens with zero attached hydrogens (tertiary/aromatic N) is 2. The summed E-state index contributed by atoms with van der Waals surface area (Å²) in [5.74, 6) is 0.507. The first-order valence-corrected chi connectivity index (χ1v) is 8.74. The third kappa shape index (κ3) is 8.63.